The molecule has 7 nitrogen and oxygen atoms in total. The second kappa shape index (κ2) is 6.80. The molecule has 0 fully saturated rings. The summed E-state index contributed by atoms with van der Waals surface area (Å²) in [5, 5.41) is 4.48. The molecule has 28 heavy (non-hydrogen) atoms. The first-order valence-corrected chi connectivity index (χ1v) is 8.45. The lowest BCUT2D eigenvalue weighted by atomic mass is 10.1. The minimum absolute atomic E-state index is 0.0434. The number of nitrogens with zero attached hydrogens (tertiary/aromatic N) is 3. The van der Waals surface area contributed by atoms with Crippen LogP contribution in [0.4, 0.5) is 4.39 Å². The quantitative estimate of drug-likeness (QED) is 0.508. The van der Waals surface area contributed by atoms with E-state index in [0.717, 1.165) is 0 Å². The fourth-order valence-corrected chi connectivity index (χ4v) is 3.07. The van der Waals surface area contributed by atoms with Crippen LogP contribution in [0.25, 0.3) is 22.2 Å². The molecule has 4 aromatic rings. The Hall–Kier alpha value is -3.68. The summed E-state index contributed by atoms with van der Waals surface area (Å²) in [6.07, 6.45) is 4.42. The molecule has 0 saturated carbocycles. The zero-order valence-electron chi connectivity index (χ0n) is 15.2. The molecule has 0 saturated heterocycles. The highest BCUT2D eigenvalue weighted by molar-refractivity contribution is 6.01. The summed E-state index contributed by atoms with van der Waals surface area (Å²) in [7, 11) is 3.02. The Morgan fingerprint density at radius 2 is 2.11 bits per heavy atom. The average molecular weight is 381 g/mol. The number of aromatic nitrogens is 3. The van der Waals surface area contributed by atoms with Crippen molar-refractivity contribution in [1.29, 1.82) is 0 Å². The van der Waals surface area contributed by atoms with Gasteiger partial charge in [-0.05, 0) is 18.2 Å². The van der Waals surface area contributed by atoms with Crippen molar-refractivity contribution in [2.45, 2.75) is 6.54 Å². The predicted molar refractivity (Wildman–Crippen MR) is 99.5 cm³/mol. The molecule has 0 atom stereocenters. The van der Waals surface area contributed by atoms with Gasteiger partial charge >= 0.3 is 5.97 Å². The second-order valence-corrected chi connectivity index (χ2v) is 6.31. The van der Waals surface area contributed by atoms with Gasteiger partial charge in [0.15, 0.2) is 5.58 Å². The van der Waals surface area contributed by atoms with Crippen LogP contribution in [0.15, 0.2) is 58.2 Å². The van der Waals surface area contributed by atoms with Gasteiger partial charge in [-0.25, -0.2) is 9.18 Å². The largest absolute Gasteiger partial charge is 0.465 e. The van der Waals surface area contributed by atoms with Gasteiger partial charge < -0.3 is 13.7 Å². The summed E-state index contributed by atoms with van der Waals surface area (Å²) in [4.78, 5) is 24.7. The van der Waals surface area contributed by atoms with E-state index in [2.05, 4.69) is 5.10 Å². The Kier molecular flexibility index (Phi) is 4.31. The molecule has 4 rings (SSSR count). The van der Waals surface area contributed by atoms with Crippen molar-refractivity contribution in [2.75, 3.05) is 7.11 Å². The lowest BCUT2D eigenvalue weighted by Crippen LogP contribution is -2.22. The molecule has 0 radical (unpaired) electrons. The number of pyridine rings is 1. The fourth-order valence-electron chi connectivity index (χ4n) is 3.07. The Balaban J connectivity index is 1.75. The van der Waals surface area contributed by atoms with Crippen LogP contribution in [-0.2, 0) is 18.3 Å². The molecule has 0 N–H and O–H groups in total. The zero-order valence-corrected chi connectivity index (χ0v) is 15.2. The van der Waals surface area contributed by atoms with Gasteiger partial charge in [0.1, 0.15) is 11.4 Å². The van der Waals surface area contributed by atoms with Crippen LogP contribution < -0.4 is 5.56 Å². The van der Waals surface area contributed by atoms with Crippen LogP contribution in [0.5, 0.6) is 0 Å². The Morgan fingerprint density at radius 3 is 2.79 bits per heavy atom. The van der Waals surface area contributed by atoms with E-state index < -0.39 is 11.8 Å². The van der Waals surface area contributed by atoms with E-state index in [1.54, 1.807) is 36.1 Å². The molecule has 0 amide bonds. The molecule has 0 unspecified atom stereocenters. The van der Waals surface area contributed by atoms with Gasteiger partial charge in [-0.2, -0.15) is 5.10 Å². The topological polar surface area (TPSA) is 79.3 Å². The summed E-state index contributed by atoms with van der Waals surface area (Å²) in [6.45, 7) is -0.0434. The molecule has 142 valence electrons. The minimum Gasteiger partial charge on any atom is -0.465 e. The van der Waals surface area contributed by atoms with Crippen molar-refractivity contribution in [2.24, 2.45) is 7.05 Å². The van der Waals surface area contributed by atoms with E-state index in [4.69, 9.17) is 9.15 Å². The van der Waals surface area contributed by atoms with Crippen LogP contribution in [0.1, 0.15) is 15.9 Å². The number of furan rings is 1. The first kappa shape index (κ1) is 17.7. The van der Waals surface area contributed by atoms with Gasteiger partial charge in [-0.1, -0.05) is 12.1 Å². The molecule has 0 aliphatic rings. The van der Waals surface area contributed by atoms with E-state index in [0.29, 0.717) is 16.8 Å². The Bertz CT molecular complexity index is 1250. The number of hydrogen-bond acceptors (Lipinski definition) is 5. The standard InChI is InChI=1S/C20H16FN3O4/c1-23-7-5-17(22-23)12-3-4-13(16(21)9-12)10-24-11-15(20(26)27-2)18-14(19(24)25)6-8-28-18/h3-9,11H,10H2,1-2H3. The van der Waals surface area contributed by atoms with Crippen molar-refractivity contribution in [3.05, 3.63) is 76.3 Å². The van der Waals surface area contributed by atoms with Crippen molar-refractivity contribution >= 4 is 16.9 Å². The Morgan fingerprint density at radius 1 is 1.29 bits per heavy atom. The molecule has 3 heterocycles. The van der Waals surface area contributed by atoms with E-state index in [1.165, 1.54) is 36.3 Å². The number of hydrogen-bond donors (Lipinski definition) is 0. The summed E-state index contributed by atoms with van der Waals surface area (Å²) in [5.41, 5.74) is 1.46. The number of carbonyl (C=O) groups excluding carboxylic acids is 1. The molecule has 0 bridgehead atoms. The van der Waals surface area contributed by atoms with Crippen molar-refractivity contribution in [3.8, 4) is 11.3 Å². The number of ether oxygens (including phenoxy) is 1. The lowest BCUT2D eigenvalue weighted by Gasteiger charge is -2.10. The molecular weight excluding hydrogens is 365 g/mol. The number of methoxy groups -OCH3 is 1. The van der Waals surface area contributed by atoms with Crippen LogP contribution in [0, 0.1) is 5.82 Å². The normalized spacial score (nSPS) is 11.1. The number of carbonyl (C=O) groups is 1. The second-order valence-electron chi connectivity index (χ2n) is 6.31. The SMILES string of the molecule is COC(=O)c1cn(Cc2ccc(-c3ccn(C)n3)cc2F)c(=O)c2ccoc12. The summed E-state index contributed by atoms with van der Waals surface area (Å²) < 4.78 is 27.6. The van der Waals surface area contributed by atoms with Gasteiger partial charge in [0.2, 0.25) is 0 Å². The minimum atomic E-state index is -0.639. The predicted octanol–water partition coefficient (Wildman–Crippen LogP) is 2.97. The van der Waals surface area contributed by atoms with Crippen molar-refractivity contribution < 1.29 is 18.3 Å². The van der Waals surface area contributed by atoms with Gasteiger partial charge in [0.25, 0.3) is 5.56 Å². The van der Waals surface area contributed by atoms with Crippen LogP contribution >= 0.6 is 0 Å². The molecule has 8 heteroatoms. The highest BCUT2D eigenvalue weighted by Crippen LogP contribution is 2.22. The number of rotatable bonds is 4. The number of halogens is 1. The molecule has 0 aliphatic heterocycles. The van der Waals surface area contributed by atoms with E-state index in [9.17, 15) is 14.0 Å². The van der Waals surface area contributed by atoms with E-state index >= 15 is 0 Å². The first-order valence-electron chi connectivity index (χ1n) is 8.45. The van der Waals surface area contributed by atoms with Gasteiger partial charge in [-0.15, -0.1) is 0 Å². The maximum Gasteiger partial charge on any atom is 0.343 e. The number of benzene rings is 1. The molecule has 0 spiro atoms. The third kappa shape index (κ3) is 2.98. The van der Waals surface area contributed by atoms with Gasteiger partial charge in [0, 0.05) is 30.6 Å². The van der Waals surface area contributed by atoms with Crippen molar-refractivity contribution in [1.82, 2.24) is 14.3 Å². The summed E-state index contributed by atoms with van der Waals surface area (Å²) in [5.74, 6) is -1.11. The Labute approximate surface area is 158 Å². The third-order valence-corrected chi connectivity index (χ3v) is 4.49. The average Bonchev–Trinajstić information content (AvgIpc) is 3.34. The maximum absolute atomic E-state index is 14.7. The van der Waals surface area contributed by atoms with E-state index in [-0.39, 0.29) is 28.6 Å². The van der Waals surface area contributed by atoms with Gasteiger partial charge in [-0.3, -0.25) is 9.48 Å². The number of aryl methyl sites for hydroxylation is 1. The highest BCUT2D eigenvalue weighted by atomic mass is 19.1. The van der Waals surface area contributed by atoms with E-state index in [1.807, 2.05) is 0 Å². The lowest BCUT2D eigenvalue weighted by molar-refractivity contribution is 0.0600. The van der Waals surface area contributed by atoms with Crippen LogP contribution in [0.3, 0.4) is 0 Å². The molecule has 3 aromatic heterocycles. The van der Waals surface area contributed by atoms with Gasteiger partial charge in [0.05, 0.1) is 31.0 Å². The summed E-state index contributed by atoms with van der Waals surface area (Å²) in [6, 6.07) is 7.97. The fraction of sp³-hybridized carbons (Fsp3) is 0.150. The maximum atomic E-state index is 14.7. The van der Waals surface area contributed by atoms with Crippen LogP contribution in [0.2, 0.25) is 0 Å². The van der Waals surface area contributed by atoms with Crippen LogP contribution in [-0.4, -0.2) is 27.4 Å². The number of esters is 1. The summed E-state index contributed by atoms with van der Waals surface area (Å²) >= 11 is 0. The highest BCUT2D eigenvalue weighted by Gasteiger charge is 2.19. The monoisotopic (exact) mass is 381 g/mol. The van der Waals surface area contributed by atoms with Crippen molar-refractivity contribution in [3.63, 3.8) is 0 Å². The first-order chi connectivity index (χ1) is 13.5. The molecule has 0 aliphatic carbocycles. The smallest absolute Gasteiger partial charge is 0.343 e. The third-order valence-electron chi connectivity index (χ3n) is 4.49. The molecular formula is C20H16FN3O4. The molecule has 1 aromatic carbocycles. The zero-order chi connectivity index (χ0) is 19.8. The number of fused-ring (bicyclic) bond motifs is 1.